The molecule has 1 unspecified atom stereocenters. The van der Waals surface area contributed by atoms with Gasteiger partial charge in [0, 0.05) is 10.4 Å². The van der Waals surface area contributed by atoms with Gasteiger partial charge in [0.25, 0.3) is 0 Å². The van der Waals surface area contributed by atoms with Gasteiger partial charge < -0.3 is 4.74 Å². The van der Waals surface area contributed by atoms with E-state index in [1.54, 1.807) is 12.2 Å². The van der Waals surface area contributed by atoms with Crippen molar-refractivity contribution in [3.8, 4) is 0 Å². The molecule has 0 aromatic rings. The Hall–Kier alpha value is -1.23. The highest BCUT2D eigenvalue weighted by Crippen LogP contribution is 2.28. The number of halogens is 1. The van der Waals surface area contributed by atoms with Crippen molar-refractivity contribution < 1.29 is 9.53 Å². The molecule has 4 nitrogen and oxygen atoms in total. The van der Waals surface area contributed by atoms with Gasteiger partial charge in [-0.25, -0.2) is 0 Å². The minimum absolute atomic E-state index is 0.0531. The first kappa shape index (κ1) is 17.8. The average Bonchev–Trinajstić information content (AvgIpc) is 2.52. The molecule has 5 heteroatoms. The zero-order valence-electron chi connectivity index (χ0n) is 11.8. The molecule has 0 radical (unpaired) electrons. The van der Waals surface area contributed by atoms with Gasteiger partial charge in [0.15, 0.2) is 0 Å². The van der Waals surface area contributed by atoms with Crippen LogP contribution in [0.25, 0.3) is 0 Å². The molecule has 0 aromatic carbocycles. The van der Waals surface area contributed by atoms with Crippen LogP contribution < -0.4 is 0 Å². The molecular formula is C14H20BrNO3. The fourth-order valence-electron chi connectivity index (χ4n) is 1.31. The number of nitrogens with zero attached hydrogens (tertiary/aromatic N) is 1. The van der Waals surface area contributed by atoms with Crippen molar-refractivity contribution in [1.29, 1.82) is 0 Å². The standard InChI is InChI=1S/C11H12BrNO3.C3H8/c1-7-5-10(13-15)8(3-4-9(7)12)6-11(14)16-2;1-3-2/h3-5,7H,6H2,1-2H3;3H2,1-2H3. The van der Waals surface area contributed by atoms with Gasteiger partial charge in [-0.1, -0.05) is 55.3 Å². The lowest BCUT2D eigenvalue weighted by Crippen LogP contribution is -2.03. The Bertz CT molecular complexity index is 411. The number of hydrogen-bond donors (Lipinski definition) is 0. The Kier molecular flexibility index (Phi) is 9.04. The predicted octanol–water partition coefficient (Wildman–Crippen LogP) is 4.47. The predicted molar refractivity (Wildman–Crippen MR) is 80.7 cm³/mol. The van der Waals surface area contributed by atoms with Crippen LogP contribution in [0.1, 0.15) is 33.6 Å². The summed E-state index contributed by atoms with van der Waals surface area (Å²) in [5.74, 6) is -0.320. The summed E-state index contributed by atoms with van der Waals surface area (Å²) in [5.41, 5.74) is 0.867. The Labute approximate surface area is 122 Å². The molecule has 19 heavy (non-hydrogen) atoms. The van der Waals surface area contributed by atoms with Gasteiger partial charge in [-0.05, 0) is 16.8 Å². The molecule has 1 aliphatic rings. The SMILES string of the molecule is CCC.COC(=O)CC1=CC=C(Br)C(C)C=C1N=O. The summed E-state index contributed by atoms with van der Waals surface area (Å²) >= 11 is 3.38. The molecule has 1 aliphatic carbocycles. The molecule has 0 saturated carbocycles. The van der Waals surface area contributed by atoms with E-state index in [-0.39, 0.29) is 18.3 Å². The van der Waals surface area contributed by atoms with Crippen LogP contribution >= 0.6 is 15.9 Å². The summed E-state index contributed by atoms with van der Waals surface area (Å²) in [6, 6.07) is 0. The number of methoxy groups -OCH3 is 1. The number of allylic oxidation sites excluding steroid dienone is 5. The van der Waals surface area contributed by atoms with Crippen molar-refractivity contribution in [3.05, 3.63) is 38.9 Å². The molecule has 0 amide bonds. The van der Waals surface area contributed by atoms with E-state index in [0.29, 0.717) is 11.3 Å². The van der Waals surface area contributed by atoms with Gasteiger partial charge in [-0.3, -0.25) is 4.79 Å². The first-order valence-corrected chi connectivity index (χ1v) is 6.97. The van der Waals surface area contributed by atoms with E-state index < -0.39 is 0 Å². The maximum atomic E-state index is 11.2. The molecule has 0 spiro atoms. The molecule has 1 rings (SSSR count). The molecular weight excluding hydrogens is 310 g/mol. The zero-order valence-corrected chi connectivity index (χ0v) is 13.4. The largest absolute Gasteiger partial charge is 0.469 e. The first-order valence-electron chi connectivity index (χ1n) is 6.18. The summed E-state index contributed by atoms with van der Waals surface area (Å²) in [6.45, 7) is 6.18. The van der Waals surface area contributed by atoms with Crippen molar-refractivity contribution in [3.63, 3.8) is 0 Å². The van der Waals surface area contributed by atoms with Gasteiger partial charge >= 0.3 is 5.97 Å². The summed E-state index contributed by atoms with van der Waals surface area (Å²) in [5, 5.41) is 2.94. The van der Waals surface area contributed by atoms with Gasteiger partial charge in [0.05, 0.1) is 13.5 Å². The van der Waals surface area contributed by atoms with E-state index >= 15 is 0 Å². The first-order chi connectivity index (χ1) is 8.99. The molecule has 106 valence electrons. The van der Waals surface area contributed by atoms with Gasteiger partial charge in [-0.2, -0.15) is 0 Å². The third kappa shape index (κ3) is 6.47. The van der Waals surface area contributed by atoms with Crippen molar-refractivity contribution in [2.75, 3.05) is 7.11 Å². The molecule has 0 aromatic heterocycles. The second-order valence-corrected chi connectivity index (χ2v) is 5.05. The van der Waals surface area contributed by atoms with E-state index in [2.05, 4.69) is 39.7 Å². The minimum atomic E-state index is -0.389. The van der Waals surface area contributed by atoms with Crippen LogP contribution in [-0.4, -0.2) is 13.1 Å². The van der Waals surface area contributed by atoms with Crippen LogP contribution in [0.5, 0.6) is 0 Å². The maximum absolute atomic E-state index is 11.2. The lowest BCUT2D eigenvalue weighted by molar-refractivity contribution is -0.139. The van der Waals surface area contributed by atoms with E-state index in [9.17, 15) is 9.70 Å². The molecule has 1 atom stereocenters. The van der Waals surface area contributed by atoms with Crippen molar-refractivity contribution in [2.24, 2.45) is 11.1 Å². The summed E-state index contributed by atoms with van der Waals surface area (Å²) in [6.07, 6.45) is 6.54. The number of ether oxygens (including phenoxy) is 1. The molecule has 0 N–H and O–H groups in total. The number of rotatable bonds is 3. The number of esters is 1. The summed E-state index contributed by atoms with van der Waals surface area (Å²) in [4.78, 5) is 21.8. The van der Waals surface area contributed by atoms with Crippen LogP contribution in [0.15, 0.2) is 39.2 Å². The van der Waals surface area contributed by atoms with E-state index in [4.69, 9.17) is 0 Å². The second kappa shape index (κ2) is 9.67. The Morgan fingerprint density at radius 2 is 2.00 bits per heavy atom. The van der Waals surface area contributed by atoms with Gasteiger partial charge in [-0.15, -0.1) is 4.91 Å². The number of nitroso groups, excluding NO2 is 1. The average molecular weight is 330 g/mol. The van der Waals surface area contributed by atoms with Crippen LogP contribution in [0, 0.1) is 10.8 Å². The highest BCUT2D eigenvalue weighted by atomic mass is 79.9. The minimum Gasteiger partial charge on any atom is -0.469 e. The molecule has 0 aliphatic heterocycles. The fourth-order valence-corrected chi connectivity index (χ4v) is 1.57. The Morgan fingerprint density at radius 1 is 1.42 bits per heavy atom. The second-order valence-electron chi connectivity index (χ2n) is 4.14. The summed E-state index contributed by atoms with van der Waals surface area (Å²) < 4.78 is 5.50. The van der Waals surface area contributed by atoms with Crippen LogP contribution in [0.3, 0.4) is 0 Å². The molecule has 0 fully saturated rings. The monoisotopic (exact) mass is 329 g/mol. The highest BCUT2D eigenvalue weighted by molar-refractivity contribution is 9.11. The lowest BCUT2D eigenvalue weighted by atomic mass is 10.1. The zero-order chi connectivity index (χ0) is 14.8. The van der Waals surface area contributed by atoms with E-state index in [1.807, 2.05) is 13.0 Å². The number of carbonyl (C=O) groups excluding carboxylic acids is 1. The quantitative estimate of drug-likeness (QED) is 0.567. The van der Waals surface area contributed by atoms with E-state index in [1.165, 1.54) is 13.5 Å². The van der Waals surface area contributed by atoms with Crippen LogP contribution in [0.4, 0.5) is 0 Å². The molecule has 0 bridgehead atoms. The summed E-state index contributed by atoms with van der Waals surface area (Å²) in [7, 11) is 1.31. The third-order valence-corrected chi connectivity index (χ3v) is 3.26. The normalized spacial score (nSPS) is 17.9. The maximum Gasteiger partial charge on any atom is 0.310 e. The Morgan fingerprint density at radius 3 is 2.47 bits per heavy atom. The van der Waals surface area contributed by atoms with Crippen LogP contribution in [-0.2, 0) is 9.53 Å². The van der Waals surface area contributed by atoms with Crippen molar-refractivity contribution >= 4 is 21.9 Å². The molecule has 0 heterocycles. The number of carbonyl (C=O) groups is 1. The van der Waals surface area contributed by atoms with Crippen LogP contribution in [0.2, 0.25) is 0 Å². The van der Waals surface area contributed by atoms with Crippen molar-refractivity contribution in [1.82, 2.24) is 0 Å². The topological polar surface area (TPSA) is 55.7 Å². The van der Waals surface area contributed by atoms with Gasteiger partial charge in [0.2, 0.25) is 0 Å². The van der Waals surface area contributed by atoms with Crippen molar-refractivity contribution in [2.45, 2.75) is 33.6 Å². The smallest absolute Gasteiger partial charge is 0.310 e. The fraction of sp³-hybridized carbons (Fsp3) is 0.500. The number of hydrogen-bond acceptors (Lipinski definition) is 4. The van der Waals surface area contributed by atoms with Gasteiger partial charge in [0.1, 0.15) is 5.70 Å². The molecule has 0 saturated heterocycles. The highest BCUT2D eigenvalue weighted by Gasteiger charge is 2.16. The Balaban J connectivity index is 0.000000982. The lowest BCUT2D eigenvalue weighted by Gasteiger charge is -2.04. The van der Waals surface area contributed by atoms with E-state index in [0.717, 1.165) is 4.48 Å². The third-order valence-electron chi connectivity index (χ3n) is 2.28.